The van der Waals surface area contributed by atoms with Crippen molar-refractivity contribution in [3.05, 3.63) is 19.5 Å². The van der Waals surface area contributed by atoms with Crippen molar-refractivity contribution >= 4 is 29.1 Å². The van der Waals surface area contributed by atoms with Crippen LogP contribution in [0.1, 0.15) is 13.8 Å². The fourth-order valence-corrected chi connectivity index (χ4v) is 3.19. The molecule has 0 amide bonds. The van der Waals surface area contributed by atoms with Crippen LogP contribution in [0.15, 0.2) is 4.79 Å². The van der Waals surface area contributed by atoms with Crippen molar-refractivity contribution in [1.29, 1.82) is 5.26 Å². The summed E-state index contributed by atoms with van der Waals surface area (Å²) in [5.74, 6) is -0.766. The molecule has 1 rings (SSSR count). The third-order valence-corrected chi connectivity index (χ3v) is 4.22. The fourth-order valence-electron chi connectivity index (χ4n) is 2.03. The molecule has 0 aromatic carbocycles. The third kappa shape index (κ3) is 4.67. The number of carbonyl (C=O) groups excluding carboxylic acids is 1. The summed E-state index contributed by atoms with van der Waals surface area (Å²) in [5.41, 5.74) is -0.549. The van der Waals surface area contributed by atoms with Gasteiger partial charge in [-0.25, -0.2) is 4.79 Å². The zero-order valence-corrected chi connectivity index (χ0v) is 14.5. The molecule has 1 heterocycles. The number of thiazole rings is 1. The zero-order valence-electron chi connectivity index (χ0n) is 13.7. The maximum absolute atomic E-state index is 12.5. The maximum atomic E-state index is 12.5. The van der Waals surface area contributed by atoms with Gasteiger partial charge in [0.1, 0.15) is 15.3 Å². The van der Waals surface area contributed by atoms with Crippen molar-refractivity contribution in [2.75, 3.05) is 32.9 Å². The van der Waals surface area contributed by atoms with Crippen LogP contribution in [0.5, 0.6) is 0 Å². The maximum Gasteiger partial charge on any atom is 0.351 e. The summed E-state index contributed by atoms with van der Waals surface area (Å²) in [6, 6.07) is 1.81. The smallest absolute Gasteiger partial charge is 0.351 e. The summed E-state index contributed by atoms with van der Waals surface area (Å²) in [4.78, 5) is 26.0. The van der Waals surface area contributed by atoms with E-state index in [1.54, 1.807) is 18.7 Å². The highest BCUT2D eigenvalue weighted by Crippen LogP contribution is 1.97. The number of nitriles is 1. The van der Waals surface area contributed by atoms with E-state index in [1.165, 1.54) is 10.8 Å². The van der Waals surface area contributed by atoms with Gasteiger partial charge in [-0.05, 0) is 13.8 Å². The summed E-state index contributed by atoms with van der Waals surface area (Å²) in [6.07, 6.45) is 1.52. The molecule has 0 radical (unpaired) electrons. The number of aromatic nitrogens is 1. The van der Waals surface area contributed by atoms with Crippen LogP contribution in [0.25, 0.3) is 11.8 Å². The monoisotopic (exact) mass is 355 g/mol. The number of nitrogens with zero attached hydrogens (tertiary/aromatic N) is 3. The average Bonchev–Trinajstić information content (AvgIpc) is 2.85. The normalized spacial score (nSPS) is 12.7. The molecule has 132 valence electrons. The topological polar surface area (TPSA) is 116 Å². The molecule has 0 saturated carbocycles. The Morgan fingerprint density at radius 1 is 1.38 bits per heavy atom. The van der Waals surface area contributed by atoms with Crippen LogP contribution < -0.4 is 14.8 Å². The van der Waals surface area contributed by atoms with Crippen molar-refractivity contribution in [2.24, 2.45) is 0 Å². The average molecular weight is 355 g/mol. The largest absolute Gasteiger partial charge is 0.462 e. The van der Waals surface area contributed by atoms with Gasteiger partial charge in [0.05, 0.1) is 19.8 Å². The molecule has 0 aliphatic heterocycles. The molecular weight excluding hydrogens is 334 g/mol. The molecule has 8 nitrogen and oxygen atoms in total. The van der Waals surface area contributed by atoms with E-state index in [4.69, 9.17) is 14.9 Å². The molecule has 0 bridgehead atoms. The zero-order chi connectivity index (χ0) is 18.1. The number of carbonyl (C=O) groups is 1. The summed E-state index contributed by atoms with van der Waals surface area (Å²) in [5, 5.41) is 27.3. The number of hydrogen-bond acceptors (Lipinski definition) is 8. The van der Waals surface area contributed by atoms with Crippen molar-refractivity contribution in [3.8, 4) is 6.07 Å². The molecule has 24 heavy (non-hydrogen) atoms. The Kier molecular flexibility index (Phi) is 8.18. The predicted octanol–water partition coefficient (Wildman–Crippen LogP) is -1.81. The number of aliphatic hydroxyl groups excluding tert-OH is 2. The van der Waals surface area contributed by atoms with Crippen molar-refractivity contribution in [1.82, 2.24) is 9.47 Å². The molecule has 0 spiro atoms. The second-order valence-corrected chi connectivity index (χ2v) is 5.67. The van der Waals surface area contributed by atoms with Crippen LogP contribution in [-0.4, -0.2) is 58.6 Å². The summed E-state index contributed by atoms with van der Waals surface area (Å²) >= 11 is 1.01. The Morgan fingerprint density at radius 3 is 2.46 bits per heavy atom. The molecular formula is C15H21N3O5S. The van der Waals surface area contributed by atoms with E-state index in [2.05, 4.69) is 0 Å². The van der Waals surface area contributed by atoms with Crippen LogP contribution in [0, 0.1) is 11.3 Å². The number of esters is 1. The van der Waals surface area contributed by atoms with E-state index in [1.807, 2.05) is 6.07 Å². The van der Waals surface area contributed by atoms with Gasteiger partial charge in [0.15, 0.2) is 5.57 Å². The predicted molar refractivity (Wildman–Crippen MR) is 89.4 cm³/mol. The highest BCUT2D eigenvalue weighted by atomic mass is 32.1. The van der Waals surface area contributed by atoms with Crippen molar-refractivity contribution in [2.45, 2.75) is 20.4 Å². The summed E-state index contributed by atoms with van der Waals surface area (Å²) in [6.45, 7) is 4.05. The van der Waals surface area contributed by atoms with Gasteiger partial charge in [0.2, 0.25) is 0 Å². The minimum Gasteiger partial charge on any atom is -0.462 e. The SMILES string of the molecule is CCOC(=O)C(C#N)=c1sc(=CN(CCO)CCO)c(=O)n1CC. The van der Waals surface area contributed by atoms with E-state index < -0.39 is 5.97 Å². The highest BCUT2D eigenvalue weighted by molar-refractivity contribution is 7.07. The van der Waals surface area contributed by atoms with Crippen molar-refractivity contribution < 1.29 is 19.7 Å². The Hall–Kier alpha value is -2.15. The molecule has 0 aliphatic carbocycles. The van der Waals surface area contributed by atoms with E-state index in [9.17, 15) is 14.9 Å². The number of hydrogen-bond donors (Lipinski definition) is 2. The van der Waals surface area contributed by atoms with E-state index in [-0.39, 0.29) is 48.7 Å². The fraction of sp³-hybridized carbons (Fsp3) is 0.533. The summed E-state index contributed by atoms with van der Waals surface area (Å²) < 4.78 is 6.75. The van der Waals surface area contributed by atoms with Gasteiger partial charge in [-0.1, -0.05) is 0 Å². The second-order valence-electron chi connectivity index (χ2n) is 4.64. The molecule has 0 aliphatic rings. The first-order valence-electron chi connectivity index (χ1n) is 7.52. The van der Waals surface area contributed by atoms with Gasteiger partial charge >= 0.3 is 5.97 Å². The lowest BCUT2D eigenvalue weighted by Gasteiger charge is -2.16. The van der Waals surface area contributed by atoms with Gasteiger partial charge in [0.25, 0.3) is 5.56 Å². The van der Waals surface area contributed by atoms with Gasteiger partial charge in [-0.2, -0.15) is 5.26 Å². The van der Waals surface area contributed by atoms with Crippen LogP contribution in [0.3, 0.4) is 0 Å². The first-order valence-corrected chi connectivity index (χ1v) is 8.34. The molecule has 0 unspecified atom stereocenters. The molecule has 0 atom stereocenters. The van der Waals surface area contributed by atoms with E-state index in [0.717, 1.165) is 11.3 Å². The molecule has 9 heteroatoms. The van der Waals surface area contributed by atoms with Crippen LogP contribution in [0.2, 0.25) is 0 Å². The molecule has 1 aromatic heterocycles. The molecule has 2 N–H and O–H groups in total. The van der Waals surface area contributed by atoms with Gasteiger partial charge in [-0.3, -0.25) is 9.36 Å². The number of rotatable bonds is 8. The minimum atomic E-state index is -0.766. The van der Waals surface area contributed by atoms with Gasteiger partial charge < -0.3 is 19.8 Å². The lowest BCUT2D eigenvalue weighted by atomic mass is 10.3. The van der Waals surface area contributed by atoms with Gasteiger partial charge in [-0.15, -0.1) is 11.3 Å². The van der Waals surface area contributed by atoms with E-state index in [0.29, 0.717) is 11.1 Å². The lowest BCUT2D eigenvalue weighted by Crippen LogP contribution is -2.34. The first-order chi connectivity index (χ1) is 11.5. The Balaban J connectivity index is 3.59. The Labute approximate surface area is 143 Å². The highest BCUT2D eigenvalue weighted by Gasteiger charge is 2.16. The second kappa shape index (κ2) is 9.87. The number of aliphatic hydroxyl groups is 2. The van der Waals surface area contributed by atoms with Crippen molar-refractivity contribution in [3.63, 3.8) is 0 Å². The Bertz CT molecular complexity index is 769. The van der Waals surface area contributed by atoms with Crippen LogP contribution in [-0.2, 0) is 16.1 Å². The quantitative estimate of drug-likeness (QED) is 0.528. The molecule has 1 aromatic rings. The Morgan fingerprint density at radius 2 is 2.00 bits per heavy atom. The number of ether oxygens (including phenoxy) is 1. The standard InChI is InChI=1S/C15H21N3O5S/c1-3-18-13(21)12(10-17(5-7-19)6-8-20)24-14(18)11(9-16)15(22)23-4-2/h10,19-20H,3-8H2,1-2H3. The lowest BCUT2D eigenvalue weighted by molar-refractivity contribution is -0.136. The summed E-state index contributed by atoms with van der Waals surface area (Å²) in [7, 11) is 0. The van der Waals surface area contributed by atoms with Crippen LogP contribution >= 0.6 is 11.3 Å². The molecule has 0 fully saturated rings. The molecule has 0 saturated heterocycles. The van der Waals surface area contributed by atoms with Crippen LogP contribution in [0.4, 0.5) is 0 Å². The minimum absolute atomic E-state index is 0.130. The first kappa shape index (κ1) is 19.9. The van der Waals surface area contributed by atoms with Gasteiger partial charge in [0, 0.05) is 25.8 Å². The third-order valence-electron chi connectivity index (χ3n) is 3.10. The van der Waals surface area contributed by atoms with E-state index >= 15 is 0 Å².